The molecule has 0 saturated heterocycles. The molecule has 1 aromatic carbocycles. The molecule has 0 fully saturated rings. The number of fused-ring (bicyclic) bond motifs is 1. The van der Waals surface area contributed by atoms with Gasteiger partial charge in [-0.2, -0.15) is 0 Å². The summed E-state index contributed by atoms with van der Waals surface area (Å²) in [5.41, 5.74) is -0.928. The molecular weight excluding hydrogens is 428 g/mol. The quantitative estimate of drug-likeness (QED) is 0.589. The van der Waals surface area contributed by atoms with Crippen LogP contribution in [0, 0.1) is 6.92 Å². The Bertz CT molecular complexity index is 1330. The standard InChI is InChI=1S/C20H19ClN4O6/c1-10-7-12(19(28)31-4)16-17(22-10)24(2)20(29)25(18(16)27)9-15(26)23-13-8-11(21)5-6-14(13)30-3/h5-8H,9H2,1-4H3,(H,23,26). The van der Waals surface area contributed by atoms with Crippen LogP contribution in [0.2, 0.25) is 5.02 Å². The Morgan fingerprint density at radius 2 is 1.90 bits per heavy atom. The third-order valence-electron chi connectivity index (χ3n) is 4.57. The normalized spacial score (nSPS) is 10.7. The van der Waals surface area contributed by atoms with Gasteiger partial charge in [-0.25, -0.2) is 14.6 Å². The Balaban J connectivity index is 2.11. The van der Waals surface area contributed by atoms with Crippen LogP contribution < -0.4 is 21.3 Å². The van der Waals surface area contributed by atoms with E-state index in [4.69, 9.17) is 21.1 Å². The minimum absolute atomic E-state index is 0.0172. The van der Waals surface area contributed by atoms with Gasteiger partial charge in [-0.1, -0.05) is 11.6 Å². The Morgan fingerprint density at radius 1 is 1.19 bits per heavy atom. The number of aryl methyl sites for hydroxylation is 2. The Labute approximate surface area is 181 Å². The molecule has 10 nitrogen and oxygen atoms in total. The second kappa shape index (κ2) is 8.60. The molecule has 0 saturated carbocycles. The monoisotopic (exact) mass is 446 g/mol. The van der Waals surface area contributed by atoms with Crippen molar-refractivity contribution in [3.05, 3.63) is 61.4 Å². The van der Waals surface area contributed by atoms with Crippen LogP contribution in [0.1, 0.15) is 16.1 Å². The first-order valence-corrected chi connectivity index (χ1v) is 9.38. The summed E-state index contributed by atoms with van der Waals surface area (Å²) in [7, 11) is 3.99. The van der Waals surface area contributed by atoms with Crippen LogP contribution in [-0.2, 0) is 23.1 Å². The lowest BCUT2D eigenvalue weighted by atomic mass is 10.1. The maximum Gasteiger partial charge on any atom is 0.338 e. The van der Waals surface area contributed by atoms with Gasteiger partial charge in [0.25, 0.3) is 5.56 Å². The molecule has 2 aromatic heterocycles. The average molecular weight is 447 g/mol. The highest BCUT2D eigenvalue weighted by atomic mass is 35.5. The molecule has 3 rings (SSSR count). The molecule has 0 aliphatic rings. The number of halogens is 1. The molecule has 1 N–H and O–H groups in total. The number of nitrogens with one attached hydrogen (secondary N) is 1. The summed E-state index contributed by atoms with van der Waals surface area (Å²) in [6.07, 6.45) is 0. The van der Waals surface area contributed by atoms with Crippen molar-refractivity contribution in [3.63, 3.8) is 0 Å². The summed E-state index contributed by atoms with van der Waals surface area (Å²) in [5.74, 6) is -1.08. The van der Waals surface area contributed by atoms with Crippen molar-refractivity contribution >= 4 is 40.2 Å². The molecule has 0 atom stereocenters. The highest BCUT2D eigenvalue weighted by Crippen LogP contribution is 2.27. The van der Waals surface area contributed by atoms with Crippen molar-refractivity contribution in [2.75, 3.05) is 19.5 Å². The van der Waals surface area contributed by atoms with Gasteiger partial charge in [-0.05, 0) is 31.2 Å². The summed E-state index contributed by atoms with van der Waals surface area (Å²) in [6, 6.07) is 6.02. The Hall–Kier alpha value is -3.66. The molecule has 0 bridgehead atoms. The summed E-state index contributed by atoms with van der Waals surface area (Å²) in [6.45, 7) is 1.01. The van der Waals surface area contributed by atoms with Crippen molar-refractivity contribution in [2.24, 2.45) is 7.05 Å². The number of anilines is 1. The first kappa shape index (κ1) is 22.0. The highest BCUT2D eigenvalue weighted by molar-refractivity contribution is 6.31. The van der Waals surface area contributed by atoms with Crippen LogP contribution >= 0.6 is 11.6 Å². The van der Waals surface area contributed by atoms with Gasteiger partial charge in [0.2, 0.25) is 5.91 Å². The second-order valence-corrected chi connectivity index (χ2v) is 7.06. The van der Waals surface area contributed by atoms with Gasteiger partial charge >= 0.3 is 11.7 Å². The topological polar surface area (TPSA) is 122 Å². The number of carbonyl (C=O) groups excluding carboxylic acids is 2. The van der Waals surface area contributed by atoms with Gasteiger partial charge in [0.05, 0.1) is 30.9 Å². The van der Waals surface area contributed by atoms with Gasteiger partial charge < -0.3 is 14.8 Å². The Morgan fingerprint density at radius 3 is 2.55 bits per heavy atom. The van der Waals surface area contributed by atoms with Gasteiger partial charge in [0, 0.05) is 17.8 Å². The van der Waals surface area contributed by atoms with Crippen molar-refractivity contribution < 1.29 is 19.1 Å². The molecule has 0 aliphatic heterocycles. The fourth-order valence-electron chi connectivity index (χ4n) is 3.13. The number of hydrogen-bond acceptors (Lipinski definition) is 7. The predicted molar refractivity (Wildman–Crippen MR) is 114 cm³/mol. The lowest BCUT2D eigenvalue weighted by Crippen LogP contribution is -2.42. The number of hydrogen-bond donors (Lipinski definition) is 1. The van der Waals surface area contributed by atoms with E-state index in [0.717, 1.165) is 9.13 Å². The molecule has 0 spiro atoms. The van der Waals surface area contributed by atoms with Crippen molar-refractivity contribution in [1.29, 1.82) is 0 Å². The van der Waals surface area contributed by atoms with Crippen LogP contribution in [0.3, 0.4) is 0 Å². The number of aromatic nitrogens is 3. The fourth-order valence-corrected chi connectivity index (χ4v) is 3.30. The van der Waals surface area contributed by atoms with E-state index in [2.05, 4.69) is 10.3 Å². The first-order chi connectivity index (χ1) is 14.7. The lowest BCUT2D eigenvalue weighted by molar-refractivity contribution is -0.116. The minimum atomic E-state index is -0.834. The zero-order chi connectivity index (χ0) is 22.9. The SMILES string of the molecule is COC(=O)c1cc(C)nc2c1c(=O)n(CC(=O)Nc1cc(Cl)ccc1OC)c(=O)n2C. The minimum Gasteiger partial charge on any atom is -0.495 e. The zero-order valence-corrected chi connectivity index (χ0v) is 17.9. The van der Waals surface area contributed by atoms with E-state index in [1.165, 1.54) is 33.4 Å². The first-order valence-electron chi connectivity index (χ1n) is 9.00. The molecule has 0 radical (unpaired) electrons. The molecule has 2 heterocycles. The maximum atomic E-state index is 13.1. The molecule has 0 unspecified atom stereocenters. The highest BCUT2D eigenvalue weighted by Gasteiger charge is 2.22. The number of ether oxygens (including phenoxy) is 2. The third kappa shape index (κ3) is 4.15. The largest absolute Gasteiger partial charge is 0.495 e. The van der Waals surface area contributed by atoms with E-state index in [-0.39, 0.29) is 22.3 Å². The maximum absolute atomic E-state index is 13.1. The second-order valence-electron chi connectivity index (χ2n) is 6.63. The van der Waals surface area contributed by atoms with Crippen molar-refractivity contribution in [3.8, 4) is 5.75 Å². The number of nitrogens with zero attached hydrogens (tertiary/aromatic N) is 3. The van der Waals surface area contributed by atoms with Crippen LogP contribution in [-0.4, -0.2) is 40.2 Å². The molecular formula is C20H19ClN4O6. The number of pyridine rings is 1. The van der Waals surface area contributed by atoms with E-state index in [9.17, 15) is 19.2 Å². The smallest absolute Gasteiger partial charge is 0.338 e. The summed E-state index contributed by atoms with van der Waals surface area (Å²) in [5, 5.41) is 2.81. The van der Waals surface area contributed by atoms with Crippen LogP contribution in [0.15, 0.2) is 33.9 Å². The van der Waals surface area contributed by atoms with E-state index in [0.29, 0.717) is 16.5 Å². The van der Waals surface area contributed by atoms with Gasteiger partial charge in [-0.3, -0.25) is 18.7 Å². The predicted octanol–water partition coefficient (Wildman–Crippen LogP) is 1.49. The van der Waals surface area contributed by atoms with Gasteiger partial charge in [-0.15, -0.1) is 0 Å². The van der Waals surface area contributed by atoms with E-state index >= 15 is 0 Å². The molecule has 162 valence electrons. The third-order valence-corrected chi connectivity index (χ3v) is 4.80. The summed E-state index contributed by atoms with van der Waals surface area (Å²) >= 11 is 5.96. The fraction of sp³-hybridized carbons (Fsp3) is 0.250. The van der Waals surface area contributed by atoms with Crippen LogP contribution in [0.4, 0.5) is 5.69 Å². The number of methoxy groups -OCH3 is 2. The van der Waals surface area contributed by atoms with E-state index in [1.807, 2.05) is 0 Å². The number of esters is 1. The van der Waals surface area contributed by atoms with Crippen molar-refractivity contribution in [2.45, 2.75) is 13.5 Å². The van der Waals surface area contributed by atoms with Gasteiger partial charge in [0.1, 0.15) is 17.9 Å². The molecule has 0 aliphatic carbocycles. The zero-order valence-electron chi connectivity index (χ0n) is 17.2. The molecule has 1 amide bonds. The average Bonchev–Trinajstić information content (AvgIpc) is 2.74. The summed E-state index contributed by atoms with van der Waals surface area (Å²) in [4.78, 5) is 54.9. The number of amides is 1. The van der Waals surface area contributed by atoms with E-state index < -0.39 is 29.7 Å². The number of benzene rings is 1. The number of rotatable bonds is 5. The molecule has 31 heavy (non-hydrogen) atoms. The Kier molecular flexibility index (Phi) is 6.11. The lowest BCUT2D eigenvalue weighted by Gasteiger charge is -2.14. The molecule has 11 heteroatoms. The van der Waals surface area contributed by atoms with Crippen LogP contribution in [0.25, 0.3) is 11.0 Å². The molecule has 3 aromatic rings. The van der Waals surface area contributed by atoms with E-state index in [1.54, 1.807) is 19.1 Å². The van der Waals surface area contributed by atoms with Crippen LogP contribution in [0.5, 0.6) is 5.75 Å². The van der Waals surface area contributed by atoms with Gasteiger partial charge in [0.15, 0.2) is 0 Å². The summed E-state index contributed by atoms with van der Waals surface area (Å²) < 4.78 is 11.7. The number of carbonyl (C=O) groups is 2. The van der Waals surface area contributed by atoms with Crippen molar-refractivity contribution in [1.82, 2.24) is 14.1 Å².